The Labute approximate surface area is 394 Å². The summed E-state index contributed by atoms with van der Waals surface area (Å²) >= 11 is 0. The standard InChI is InChI=1S/C60H44N6O2/c1-3-63-45-23-11-15-27-49(45)65(50-28-16-12-24-46(50)63)43-35-31-39(32-36-43)53-55-58(68-59(61-55)41-19-7-5-8-20-41)54(56-57(53)67-60(62-56)42-21-9-6-10-22-42)40-33-37-44(38-34-40)66-51-29-17-13-25-47(51)64(4-2)48-26-14-18-30-52(48)66/h5-38H,3-4H2,1-2H3. The molecule has 68 heavy (non-hydrogen) atoms. The van der Waals surface area contributed by atoms with E-state index in [1.165, 1.54) is 22.7 Å². The molecular weight excluding hydrogens is 837 g/mol. The summed E-state index contributed by atoms with van der Waals surface area (Å²) in [6.07, 6.45) is 0. The zero-order valence-corrected chi connectivity index (χ0v) is 37.5. The molecule has 0 atom stereocenters. The number of hydrogen-bond acceptors (Lipinski definition) is 8. The molecule has 0 saturated carbocycles. The van der Waals surface area contributed by atoms with Gasteiger partial charge in [0.05, 0.1) is 56.6 Å². The smallest absolute Gasteiger partial charge is 0.227 e. The maximum absolute atomic E-state index is 6.98. The van der Waals surface area contributed by atoms with Gasteiger partial charge in [-0.05, 0) is 122 Å². The lowest BCUT2D eigenvalue weighted by Gasteiger charge is -2.39. The van der Waals surface area contributed by atoms with Crippen molar-refractivity contribution in [3.63, 3.8) is 0 Å². The van der Waals surface area contributed by atoms with Gasteiger partial charge in [-0.15, -0.1) is 0 Å². The number of oxazole rings is 2. The fourth-order valence-corrected chi connectivity index (χ4v) is 10.3. The largest absolute Gasteiger partial charge is 0.435 e. The number of fused-ring (bicyclic) bond motifs is 6. The molecule has 326 valence electrons. The Bertz CT molecular complexity index is 3280. The molecule has 9 aromatic carbocycles. The van der Waals surface area contributed by atoms with Crippen LogP contribution in [0.2, 0.25) is 0 Å². The molecule has 0 unspecified atom stereocenters. The number of rotatable bonds is 8. The van der Waals surface area contributed by atoms with E-state index < -0.39 is 0 Å². The molecule has 8 nitrogen and oxygen atoms in total. The van der Waals surface area contributed by atoms with Gasteiger partial charge in [0.25, 0.3) is 0 Å². The molecule has 2 aromatic heterocycles. The second-order valence-corrected chi connectivity index (χ2v) is 17.1. The summed E-state index contributed by atoms with van der Waals surface area (Å²) in [5.74, 6) is 1.05. The van der Waals surface area contributed by atoms with Crippen molar-refractivity contribution in [3.8, 4) is 45.2 Å². The molecule has 0 spiro atoms. The van der Waals surface area contributed by atoms with Crippen molar-refractivity contribution >= 4 is 79.1 Å². The first-order chi connectivity index (χ1) is 33.7. The average Bonchev–Trinajstić information content (AvgIpc) is 4.05. The van der Waals surface area contributed by atoms with E-state index in [1.807, 2.05) is 60.7 Å². The van der Waals surface area contributed by atoms with E-state index in [0.717, 1.165) is 80.6 Å². The lowest BCUT2D eigenvalue weighted by Crippen LogP contribution is -2.26. The summed E-state index contributed by atoms with van der Waals surface area (Å²) in [5, 5.41) is 0. The maximum atomic E-state index is 6.98. The number of nitrogens with zero attached hydrogens (tertiary/aromatic N) is 6. The van der Waals surface area contributed by atoms with Crippen LogP contribution in [0.25, 0.3) is 67.4 Å². The van der Waals surface area contributed by atoms with Gasteiger partial charge in [-0.1, -0.05) is 109 Å². The molecule has 2 aliphatic heterocycles. The monoisotopic (exact) mass is 880 g/mol. The molecule has 0 radical (unpaired) electrons. The van der Waals surface area contributed by atoms with Gasteiger partial charge in [0.15, 0.2) is 11.2 Å². The van der Waals surface area contributed by atoms with Crippen molar-refractivity contribution in [1.29, 1.82) is 0 Å². The van der Waals surface area contributed by atoms with E-state index >= 15 is 0 Å². The third kappa shape index (κ3) is 6.14. The molecule has 0 saturated heterocycles. The highest BCUT2D eigenvalue weighted by atomic mass is 16.4. The van der Waals surface area contributed by atoms with Gasteiger partial charge in [0, 0.05) is 35.6 Å². The second-order valence-electron chi connectivity index (χ2n) is 17.1. The van der Waals surface area contributed by atoms with Gasteiger partial charge in [-0.25, -0.2) is 9.97 Å². The van der Waals surface area contributed by atoms with E-state index in [4.69, 9.17) is 18.8 Å². The van der Waals surface area contributed by atoms with Crippen LogP contribution in [0.3, 0.4) is 0 Å². The van der Waals surface area contributed by atoms with E-state index in [2.05, 4.69) is 179 Å². The van der Waals surface area contributed by atoms with Crippen LogP contribution in [0.4, 0.5) is 56.9 Å². The molecule has 0 N–H and O–H groups in total. The molecular formula is C60H44N6O2. The fraction of sp³-hybridized carbons (Fsp3) is 0.0667. The molecule has 0 fully saturated rings. The number of para-hydroxylation sites is 8. The predicted molar refractivity (Wildman–Crippen MR) is 278 cm³/mol. The molecule has 4 heterocycles. The lowest BCUT2D eigenvalue weighted by molar-refractivity contribution is 0.619. The number of aromatic nitrogens is 2. The Kier molecular flexibility index (Phi) is 9.25. The molecule has 0 aliphatic carbocycles. The van der Waals surface area contributed by atoms with Gasteiger partial charge in [-0.2, -0.15) is 0 Å². The molecule has 0 bridgehead atoms. The van der Waals surface area contributed by atoms with E-state index in [9.17, 15) is 0 Å². The summed E-state index contributed by atoms with van der Waals surface area (Å²) in [5.41, 5.74) is 19.2. The van der Waals surface area contributed by atoms with Crippen LogP contribution in [0.15, 0.2) is 215 Å². The highest BCUT2D eigenvalue weighted by molar-refractivity contribution is 6.17. The van der Waals surface area contributed by atoms with Crippen LogP contribution in [0, 0.1) is 0 Å². The first-order valence-electron chi connectivity index (χ1n) is 23.3. The molecule has 11 aromatic rings. The van der Waals surface area contributed by atoms with E-state index in [1.54, 1.807) is 0 Å². The van der Waals surface area contributed by atoms with Crippen LogP contribution in [-0.2, 0) is 0 Å². The second kappa shape index (κ2) is 15.9. The van der Waals surface area contributed by atoms with E-state index in [0.29, 0.717) is 34.0 Å². The predicted octanol–water partition coefficient (Wildman–Crippen LogP) is 16.5. The van der Waals surface area contributed by atoms with Crippen molar-refractivity contribution in [1.82, 2.24) is 9.97 Å². The fourth-order valence-electron chi connectivity index (χ4n) is 10.3. The molecule has 0 amide bonds. The van der Waals surface area contributed by atoms with Gasteiger partial charge in [-0.3, -0.25) is 0 Å². The van der Waals surface area contributed by atoms with Crippen molar-refractivity contribution in [3.05, 3.63) is 206 Å². The summed E-state index contributed by atoms with van der Waals surface area (Å²) in [6, 6.07) is 72.1. The zero-order chi connectivity index (χ0) is 45.3. The Morgan fingerprint density at radius 3 is 0.926 bits per heavy atom. The minimum absolute atomic E-state index is 0.524. The normalized spacial score (nSPS) is 12.9. The Morgan fingerprint density at radius 2 is 0.618 bits per heavy atom. The Morgan fingerprint density at radius 1 is 0.324 bits per heavy atom. The third-order valence-electron chi connectivity index (χ3n) is 13.3. The Hall–Kier alpha value is -8.88. The topological polar surface area (TPSA) is 65.0 Å². The van der Waals surface area contributed by atoms with Crippen LogP contribution >= 0.6 is 0 Å². The minimum Gasteiger partial charge on any atom is -0.435 e. The third-order valence-corrected chi connectivity index (χ3v) is 13.3. The number of anilines is 10. The SMILES string of the molecule is CCN1c2ccccc2N(c2ccc(-c3c4nc(-c5ccccc5)oc4c(-c4ccc(N5c6ccccc6N(CC)c6ccccc65)cc4)c4nc(-c5ccccc5)oc34)cc2)c2ccccc21. The Balaban J connectivity index is 1.01. The van der Waals surface area contributed by atoms with Gasteiger partial charge < -0.3 is 28.4 Å². The summed E-state index contributed by atoms with van der Waals surface area (Å²) in [7, 11) is 0. The van der Waals surface area contributed by atoms with Crippen LogP contribution < -0.4 is 19.6 Å². The number of hydrogen-bond donors (Lipinski definition) is 0. The highest BCUT2D eigenvalue weighted by Gasteiger charge is 2.32. The van der Waals surface area contributed by atoms with Crippen LogP contribution in [-0.4, -0.2) is 23.1 Å². The molecule has 13 rings (SSSR count). The first-order valence-corrected chi connectivity index (χ1v) is 23.3. The zero-order valence-electron chi connectivity index (χ0n) is 37.5. The van der Waals surface area contributed by atoms with Crippen LogP contribution in [0.1, 0.15) is 13.8 Å². The lowest BCUT2D eigenvalue weighted by atomic mass is 9.95. The maximum Gasteiger partial charge on any atom is 0.227 e. The van der Waals surface area contributed by atoms with E-state index in [-0.39, 0.29) is 0 Å². The summed E-state index contributed by atoms with van der Waals surface area (Å²) < 4.78 is 14.0. The van der Waals surface area contributed by atoms with Gasteiger partial charge in [0.1, 0.15) is 11.0 Å². The molecule has 8 heteroatoms. The van der Waals surface area contributed by atoms with Crippen LogP contribution in [0.5, 0.6) is 0 Å². The number of benzene rings is 9. The summed E-state index contributed by atoms with van der Waals surface area (Å²) in [6.45, 7) is 6.12. The molecule has 2 aliphatic rings. The quantitative estimate of drug-likeness (QED) is 0.150. The summed E-state index contributed by atoms with van der Waals surface area (Å²) in [4.78, 5) is 20.1. The average molecular weight is 881 g/mol. The highest BCUT2D eigenvalue weighted by Crippen LogP contribution is 2.54. The minimum atomic E-state index is 0.524. The van der Waals surface area contributed by atoms with Crippen molar-refractivity contribution in [2.45, 2.75) is 13.8 Å². The van der Waals surface area contributed by atoms with Crippen molar-refractivity contribution in [2.75, 3.05) is 32.7 Å². The first kappa shape index (κ1) is 39.5. The van der Waals surface area contributed by atoms with Crippen molar-refractivity contribution < 1.29 is 8.83 Å². The van der Waals surface area contributed by atoms with Crippen molar-refractivity contribution in [2.24, 2.45) is 0 Å². The van der Waals surface area contributed by atoms with Gasteiger partial charge >= 0.3 is 0 Å². The van der Waals surface area contributed by atoms with Gasteiger partial charge in [0.2, 0.25) is 11.8 Å².